The number of hydrogen-bond donors (Lipinski definition) is 1. The van der Waals surface area contributed by atoms with Gasteiger partial charge in [-0.25, -0.2) is 4.79 Å². The molecule has 2 unspecified atom stereocenters. The molecule has 1 aromatic carbocycles. The Morgan fingerprint density at radius 1 is 1.18 bits per heavy atom. The normalized spacial score (nSPS) is 26.7. The highest BCUT2D eigenvalue weighted by atomic mass is 31.2. The fraction of sp³-hybridized carbons (Fsp3) is 0.450. The third-order valence-corrected chi connectivity index (χ3v) is 7.40. The van der Waals surface area contributed by atoms with E-state index in [9.17, 15) is 9.59 Å². The second-order valence-electron chi connectivity index (χ2n) is 7.13. The highest BCUT2D eigenvalue weighted by Crippen LogP contribution is 2.49. The first-order valence-corrected chi connectivity index (χ1v) is 11.4. The lowest BCUT2D eigenvalue weighted by Crippen LogP contribution is -2.33. The molecule has 28 heavy (non-hydrogen) atoms. The Kier molecular flexibility index (Phi) is 6.28. The van der Waals surface area contributed by atoms with Crippen molar-refractivity contribution in [3.05, 3.63) is 63.4 Å². The molecule has 1 aliphatic rings. The quantitative estimate of drug-likeness (QED) is 0.715. The summed E-state index contributed by atoms with van der Waals surface area (Å²) in [6.45, 7) is 6.42. The molecule has 8 heteroatoms. The van der Waals surface area contributed by atoms with Crippen LogP contribution in [0.25, 0.3) is 0 Å². The predicted molar refractivity (Wildman–Crippen MR) is 111 cm³/mol. The van der Waals surface area contributed by atoms with Gasteiger partial charge in [-0.05, 0) is 24.4 Å². The first-order chi connectivity index (χ1) is 13.3. The molecule has 5 atom stereocenters. The van der Waals surface area contributed by atoms with Crippen molar-refractivity contribution in [1.29, 1.82) is 0 Å². The van der Waals surface area contributed by atoms with E-state index in [1.54, 1.807) is 0 Å². The summed E-state index contributed by atoms with van der Waals surface area (Å²) in [7, 11) is -2.32. The minimum Gasteiger partial charge on any atom is -0.453 e. The van der Waals surface area contributed by atoms with E-state index in [0.717, 1.165) is 5.75 Å². The Hall–Kier alpha value is -2.08. The topological polar surface area (TPSA) is 82.5 Å². The summed E-state index contributed by atoms with van der Waals surface area (Å²) in [5, 5.41) is 0. The zero-order valence-corrected chi connectivity index (χ0v) is 17.3. The zero-order chi connectivity index (χ0) is 20.3. The van der Waals surface area contributed by atoms with Gasteiger partial charge in [-0.15, -0.1) is 0 Å². The van der Waals surface area contributed by atoms with Crippen molar-refractivity contribution >= 4 is 13.6 Å². The SMILES string of the molecule is C=P(CC)(OC[C@H]1O[C@@H](n2ccc(=O)[nH]c2=O)[C@@H](C)C1C)Oc1ccccc1. The number of benzene rings is 1. The Labute approximate surface area is 164 Å². The first-order valence-electron chi connectivity index (χ1n) is 9.41. The molecule has 3 rings (SSSR count). The molecule has 0 bridgehead atoms. The van der Waals surface area contributed by atoms with Crippen LogP contribution in [0.5, 0.6) is 5.75 Å². The summed E-state index contributed by atoms with van der Waals surface area (Å²) in [4.78, 5) is 25.7. The summed E-state index contributed by atoms with van der Waals surface area (Å²) in [6.07, 6.45) is 5.69. The molecule has 1 aromatic heterocycles. The van der Waals surface area contributed by atoms with E-state index in [-0.39, 0.29) is 17.9 Å². The van der Waals surface area contributed by atoms with Crippen molar-refractivity contribution in [2.24, 2.45) is 11.8 Å². The van der Waals surface area contributed by atoms with Gasteiger partial charge in [0.2, 0.25) is 0 Å². The number of aromatic amines is 1. The van der Waals surface area contributed by atoms with E-state index >= 15 is 0 Å². The highest BCUT2D eigenvalue weighted by Gasteiger charge is 2.41. The summed E-state index contributed by atoms with van der Waals surface area (Å²) in [5.41, 5.74) is -0.898. The molecule has 152 valence electrons. The second-order valence-corrected chi connectivity index (χ2v) is 9.83. The second kappa shape index (κ2) is 8.52. The maximum atomic E-state index is 12.1. The van der Waals surface area contributed by atoms with Gasteiger partial charge in [-0.3, -0.25) is 14.3 Å². The molecule has 2 aromatic rings. The molecule has 0 aliphatic carbocycles. The molecule has 0 saturated carbocycles. The molecule has 7 nitrogen and oxygen atoms in total. The number of para-hydroxylation sites is 1. The largest absolute Gasteiger partial charge is 0.453 e. The average Bonchev–Trinajstić information content (AvgIpc) is 2.96. The number of ether oxygens (including phenoxy) is 1. The molecule has 1 fully saturated rings. The van der Waals surface area contributed by atoms with E-state index in [1.807, 2.05) is 44.2 Å². The van der Waals surface area contributed by atoms with Gasteiger partial charge in [-0.1, -0.05) is 39.0 Å². The van der Waals surface area contributed by atoms with Gasteiger partial charge in [0.1, 0.15) is 12.0 Å². The van der Waals surface area contributed by atoms with Crippen LogP contribution in [-0.4, -0.2) is 34.7 Å². The van der Waals surface area contributed by atoms with Crippen LogP contribution in [0.1, 0.15) is 27.0 Å². The van der Waals surface area contributed by atoms with Crippen LogP contribution in [0, 0.1) is 11.8 Å². The van der Waals surface area contributed by atoms with E-state index < -0.39 is 24.8 Å². The molecule has 1 N–H and O–H groups in total. The summed E-state index contributed by atoms with van der Waals surface area (Å²) in [6, 6.07) is 10.8. The van der Waals surface area contributed by atoms with Crippen molar-refractivity contribution in [2.45, 2.75) is 33.1 Å². The average molecular weight is 406 g/mol. The predicted octanol–water partition coefficient (Wildman–Crippen LogP) is 3.10. The van der Waals surface area contributed by atoms with E-state index in [2.05, 4.69) is 18.2 Å². The maximum Gasteiger partial charge on any atom is 0.330 e. The Morgan fingerprint density at radius 2 is 1.89 bits per heavy atom. The molecule has 0 amide bonds. The van der Waals surface area contributed by atoms with E-state index in [0.29, 0.717) is 12.8 Å². The molecular formula is C20H27N2O5P. The fourth-order valence-electron chi connectivity index (χ4n) is 3.23. The standard InChI is InChI=1S/C20H27N2O5P/c1-5-28(4,27-16-9-7-6-8-10-16)25-13-17-14(2)15(3)19(26-17)22-12-11-18(23)21-20(22)24/h6-12,14-15,17,19H,4-5,13H2,1-3H3,(H,21,23,24)/t14?,15-,17+,19+,28?/m0/s1. The van der Waals surface area contributed by atoms with Gasteiger partial charge in [0.15, 0.2) is 7.34 Å². The van der Waals surface area contributed by atoms with Crippen LogP contribution < -0.4 is 15.8 Å². The van der Waals surface area contributed by atoms with Crippen molar-refractivity contribution in [2.75, 3.05) is 12.8 Å². The number of nitrogens with zero attached hydrogens (tertiary/aromatic N) is 1. The molecule has 1 saturated heterocycles. The monoisotopic (exact) mass is 406 g/mol. The van der Waals surface area contributed by atoms with Gasteiger partial charge in [-0.2, -0.15) is 0 Å². The van der Waals surface area contributed by atoms with Gasteiger partial charge in [0, 0.05) is 24.3 Å². The van der Waals surface area contributed by atoms with Gasteiger partial charge >= 0.3 is 5.69 Å². The van der Waals surface area contributed by atoms with Crippen LogP contribution in [0.4, 0.5) is 0 Å². The van der Waals surface area contributed by atoms with Crippen molar-refractivity contribution in [3.63, 3.8) is 0 Å². The smallest absolute Gasteiger partial charge is 0.330 e. The number of nitrogens with one attached hydrogen (secondary N) is 1. The summed E-state index contributed by atoms with van der Waals surface area (Å²) in [5.74, 6) is 0.969. The maximum absolute atomic E-state index is 12.1. The van der Waals surface area contributed by atoms with E-state index in [1.165, 1.54) is 16.8 Å². The van der Waals surface area contributed by atoms with E-state index in [4.69, 9.17) is 13.8 Å². The molecule has 0 radical (unpaired) electrons. The van der Waals surface area contributed by atoms with Gasteiger partial charge < -0.3 is 13.8 Å². The Morgan fingerprint density at radius 3 is 2.54 bits per heavy atom. The van der Waals surface area contributed by atoms with Crippen LogP contribution in [0.3, 0.4) is 0 Å². The fourth-order valence-corrected chi connectivity index (χ4v) is 4.52. The van der Waals surface area contributed by atoms with Crippen LogP contribution >= 0.6 is 7.34 Å². The Balaban J connectivity index is 1.69. The number of rotatable bonds is 7. The van der Waals surface area contributed by atoms with Crippen LogP contribution in [0.2, 0.25) is 0 Å². The van der Waals surface area contributed by atoms with Gasteiger partial charge in [0.25, 0.3) is 5.56 Å². The van der Waals surface area contributed by atoms with Crippen LogP contribution in [0.15, 0.2) is 52.2 Å². The van der Waals surface area contributed by atoms with Gasteiger partial charge in [0.05, 0.1) is 12.7 Å². The number of hydrogen-bond acceptors (Lipinski definition) is 5. The number of H-pyrrole nitrogens is 1. The summed E-state index contributed by atoms with van der Waals surface area (Å²) >= 11 is 0. The third kappa shape index (κ3) is 4.49. The molecule has 0 spiro atoms. The van der Waals surface area contributed by atoms with Crippen molar-refractivity contribution in [3.8, 4) is 5.75 Å². The Bertz CT molecular complexity index is 955. The first kappa shape index (κ1) is 20.6. The minimum absolute atomic E-state index is 0.0754. The zero-order valence-electron chi connectivity index (χ0n) is 16.4. The lowest BCUT2D eigenvalue weighted by Gasteiger charge is -2.26. The molecular weight excluding hydrogens is 379 g/mol. The highest BCUT2D eigenvalue weighted by molar-refractivity contribution is 7.64. The third-order valence-electron chi connectivity index (χ3n) is 5.28. The van der Waals surface area contributed by atoms with Crippen molar-refractivity contribution in [1.82, 2.24) is 9.55 Å². The lowest BCUT2D eigenvalue weighted by atomic mass is 9.93. The molecule has 2 heterocycles. The van der Waals surface area contributed by atoms with Crippen LogP contribution in [-0.2, 0) is 9.26 Å². The number of aromatic nitrogens is 2. The van der Waals surface area contributed by atoms with Crippen molar-refractivity contribution < 1.29 is 13.8 Å². The minimum atomic E-state index is -2.32. The molecule has 1 aliphatic heterocycles. The lowest BCUT2D eigenvalue weighted by molar-refractivity contribution is -0.0329. The summed E-state index contributed by atoms with van der Waals surface area (Å²) < 4.78 is 19.7.